The minimum Gasteiger partial charge on any atom is -0.313 e. The number of amides is 1. The highest BCUT2D eigenvalue weighted by Crippen LogP contribution is 2.38. The Morgan fingerprint density at radius 2 is 1.77 bits per heavy atom. The molecule has 0 aliphatic carbocycles. The van der Waals surface area contributed by atoms with Crippen LogP contribution < -0.4 is 10.6 Å². The summed E-state index contributed by atoms with van der Waals surface area (Å²) in [4.78, 5) is 13.4. The maximum atomic E-state index is 15.1. The minimum absolute atomic E-state index is 0.0353. The first-order valence-corrected chi connectivity index (χ1v) is 12.2. The van der Waals surface area contributed by atoms with E-state index in [1.165, 1.54) is 21.6 Å². The number of aryl methyl sites for hydroxylation is 1. The van der Waals surface area contributed by atoms with Gasteiger partial charge < -0.3 is 10.6 Å². The van der Waals surface area contributed by atoms with E-state index in [4.69, 9.17) is 0 Å². The smallest absolute Gasteiger partial charge is 0.313 e. The van der Waals surface area contributed by atoms with Crippen molar-refractivity contribution >= 4 is 22.6 Å². The number of rotatable bonds is 7. The number of anilines is 1. The van der Waals surface area contributed by atoms with Crippen molar-refractivity contribution in [1.82, 2.24) is 24.9 Å². The van der Waals surface area contributed by atoms with Gasteiger partial charge in [0.1, 0.15) is 11.6 Å². The van der Waals surface area contributed by atoms with Crippen molar-refractivity contribution in [2.75, 3.05) is 11.9 Å². The molecule has 0 bridgehead atoms. The molecule has 11 heteroatoms. The average molecular weight is 537 g/mol. The van der Waals surface area contributed by atoms with Crippen molar-refractivity contribution in [2.24, 2.45) is 7.05 Å². The number of hydrogen-bond acceptors (Lipinski definition) is 4. The number of para-hydroxylation sites is 1. The van der Waals surface area contributed by atoms with E-state index < -0.39 is 34.6 Å². The van der Waals surface area contributed by atoms with Gasteiger partial charge in [-0.1, -0.05) is 31.2 Å². The maximum absolute atomic E-state index is 15.1. The van der Waals surface area contributed by atoms with Crippen molar-refractivity contribution in [3.8, 4) is 16.9 Å². The molecule has 2 heterocycles. The van der Waals surface area contributed by atoms with E-state index in [1.54, 1.807) is 37.4 Å². The average Bonchev–Trinajstić information content (AvgIpc) is 3.50. The van der Waals surface area contributed by atoms with Gasteiger partial charge in [-0.2, -0.15) is 23.4 Å². The van der Waals surface area contributed by atoms with Gasteiger partial charge in [-0.25, -0.2) is 9.07 Å². The third kappa shape index (κ3) is 5.26. The van der Waals surface area contributed by atoms with Crippen LogP contribution in [0.25, 0.3) is 27.8 Å². The Balaban J connectivity index is 1.60. The fourth-order valence-electron chi connectivity index (χ4n) is 4.31. The van der Waals surface area contributed by atoms with Crippen LogP contribution in [0.4, 0.5) is 23.4 Å². The molecule has 2 aromatic heterocycles. The molecule has 0 saturated heterocycles. The number of alkyl halides is 3. The number of carbonyl (C=O) groups excluding carboxylic acids is 1. The SMILES string of the molecule is CCNCc1ccc2c(NC(=O)c3cc(-c4ccn(C)n4)c(C(F)(F)F)cc3F)n(-c3ccccc3)nc2c1. The number of nitrogens with zero attached hydrogens (tertiary/aromatic N) is 4. The van der Waals surface area contributed by atoms with Crippen LogP contribution in [0.1, 0.15) is 28.4 Å². The van der Waals surface area contributed by atoms with E-state index in [9.17, 15) is 18.0 Å². The standard InChI is InChI=1S/C28H24F4N6O/c1-3-33-16-17-9-10-19-25(13-17)36-38(18-7-5-4-6-8-18)26(19)34-27(39)21-14-20(24-11-12-37(2)35-24)22(15-23(21)29)28(30,31)32/h4-15,33H,3,16H2,1-2H3,(H,34,39). The van der Waals surface area contributed by atoms with Gasteiger partial charge in [0.05, 0.1) is 28.0 Å². The third-order valence-electron chi connectivity index (χ3n) is 6.20. The Morgan fingerprint density at radius 1 is 1.00 bits per heavy atom. The molecule has 0 fully saturated rings. The fraction of sp³-hybridized carbons (Fsp3) is 0.179. The van der Waals surface area contributed by atoms with Crippen LogP contribution in [-0.2, 0) is 19.8 Å². The lowest BCUT2D eigenvalue weighted by Gasteiger charge is -2.15. The molecular formula is C28H24F4N6O. The zero-order valence-corrected chi connectivity index (χ0v) is 21.1. The summed E-state index contributed by atoms with van der Waals surface area (Å²) < 4.78 is 59.2. The van der Waals surface area contributed by atoms with Crippen LogP contribution in [0, 0.1) is 5.82 Å². The first-order valence-electron chi connectivity index (χ1n) is 12.2. The van der Waals surface area contributed by atoms with Crippen molar-refractivity contribution in [2.45, 2.75) is 19.6 Å². The first-order chi connectivity index (χ1) is 18.7. The summed E-state index contributed by atoms with van der Waals surface area (Å²) in [6.45, 7) is 3.41. The molecule has 0 saturated carbocycles. The Bertz CT molecular complexity index is 1660. The zero-order chi connectivity index (χ0) is 27.7. The van der Waals surface area contributed by atoms with Crippen LogP contribution >= 0.6 is 0 Å². The molecule has 0 atom stereocenters. The number of halogens is 4. The Morgan fingerprint density at radius 3 is 2.44 bits per heavy atom. The Hall–Kier alpha value is -4.51. The van der Waals surface area contributed by atoms with Gasteiger partial charge in [-0.05, 0) is 54.6 Å². The van der Waals surface area contributed by atoms with Crippen molar-refractivity contribution in [3.63, 3.8) is 0 Å². The van der Waals surface area contributed by atoms with Gasteiger partial charge in [0.15, 0.2) is 0 Å². The van der Waals surface area contributed by atoms with Gasteiger partial charge in [0.25, 0.3) is 5.91 Å². The Labute approximate surface area is 221 Å². The van der Waals surface area contributed by atoms with Crippen LogP contribution in [0.5, 0.6) is 0 Å². The van der Waals surface area contributed by atoms with E-state index in [-0.39, 0.29) is 11.5 Å². The molecule has 5 aromatic rings. The monoisotopic (exact) mass is 536 g/mol. The molecule has 0 unspecified atom stereocenters. The summed E-state index contributed by atoms with van der Waals surface area (Å²) in [5.74, 6) is -1.97. The van der Waals surface area contributed by atoms with Crippen LogP contribution in [-0.4, -0.2) is 32.0 Å². The molecule has 0 aliphatic heterocycles. The highest BCUT2D eigenvalue weighted by molar-refractivity contribution is 6.09. The quantitative estimate of drug-likeness (QED) is 0.252. The van der Waals surface area contributed by atoms with Gasteiger partial charge >= 0.3 is 6.18 Å². The predicted molar refractivity (Wildman–Crippen MR) is 140 cm³/mol. The molecule has 7 nitrogen and oxygen atoms in total. The molecular weight excluding hydrogens is 512 g/mol. The number of carbonyl (C=O) groups is 1. The number of fused-ring (bicyclic) bond motifs is 1. The highest BCUT2D eigenvalue weighted by atomic mass is 19.4. The summed E-state index contributed by atoms with van der Waals surface area (Å²) in [5, 5.41) is 15.2. The summed E-state index contributed by atoms with van der Waals surface area (Å²) in [5.41, 5.74) is 0.000262. The fourth-order valence-corrected chi connectivity index (χ4v) is 4.31. The van der Waals surface area contributed by atoms with Gasteiger partial charge in [-0.15, -0.1) is 0 Å². The number of nitrogens with one attached hydrogen (secondary N) is 2. The van der Waals surface area contributed by atoms with Gasteiger partial charge in [0, 0.05) is 30.7 Å². The largest absolute Gasteiger partial charge is 0.417 e. The normalized spacial score (nSPS) is 11.7. The zero-order valence-electron chi connectivity index (χ0n) is 21.1. The molecule has 2 N–H and O–H groups in total. The lowest BCUT2D eigenvalue weighted by Crippen LogP contribution is -2.18. The maximum Gasteiger partial charge on any atom is 0.417 e. The second-order valence-corrected chi connectivity index (χ2v) is 8.93. The lowest BCUT2D eigenvalue weighted by molar-refractivity contribution is -0.137. The van der Waals surface area contributed by atoms with Crippen LogP contribution in [0.15, 0.2) is 72.9 Å². The highest BCUT2D eigenvalue weighted by Gasteiger charge is 2.36. The summed E-state index contributed by atoms with van der Waals surface area (Å²) in [6, 6.07) is 17.2. The van der Waals surface area contributed by atoms with Crippen LogP contribution in [0.3, 0.4) is 0 Å². The molecule has 3 aromatic carbocycles. The number of benzene rings is 3. The van der Waals surface area contributed by atoms with E-state index in [2.05, 4.69) is 20.8 Å². The topological polar surface area (TPSA) is 76.8 Å². The molecule has 0 radical (unpaired) electrons. The predicted octanol–water partition coefficient (Wildman–Crippen LogP) is 5.95. The van der Waals surface area contributed by atoms with E-state index >= 15 is 4.39 Å². The summed E-state index contributed by atoms with van der Waals surface area (Å²) in [7, 11) is 1.55. The molecule has 0 aliphatic rings. The van der Waals surface area contributed by atoms with Gasteiger partial charge in [0.2, 0.25) is 0 Å². The minimum atomic E-state index is -4.85. The molecule has 200 valence electrons. The Kier molecular flexibility index (Phi) is 6.92. The molecule has 39 heavy (non-hydrogen) atoms. The van der Waals surface area contributed by atoms with Gasteiger partial charge in [-0.3, -0.25) is 9.48 Å². The summed E-state index contributed by atoms with van der Waals surface area (Å²) in [6.07, 6.45) is -3.39. The lowest BCUT2D eigenvalue weighted by atomic mass is 9.99. The van der Waals surface area contributed by atoms with Crippen molar-refractivity contribution in [1.29, 1.82) is 0 Å². The van der Waals surface area contributed by atoms with Crippen molar-refractivity contribution < 1.29 is 22.4 Å². The second kappa shape index (κ2) is 10.3. The number of hydrogen-bond donors (Lipinski definition) is 2. The van der Waals surface area contributed by atoms with Crippen molar-refractivity contribution in [3.05, 3.63) is 95.4 Å². The molecule has 1 amide bonds. The van der Waals surface area contributed by atoms with E-state index in [0.29, 0.717) is 29.2 Å². The first kappa shape index (κ1) is 26.1. The van der Waals surface area contributed by atoms with Crippen LogP contribution in [0.2, 0.25) is 0 Å². The second-order valence-electron chi connectivity index (χ2n) is 8.93. The number of aromatic nitrogens is 4. The van der Waals surface area contributed by atoms with E-state index in [1.807, 2.05) is 25.1 Å². The molecule has 5 rings (SSSR count). The van der Waals surface area contributed by atoms with E-state index in [0.717, 1.165) is 18.2 Å². The summed E-state index contributed by atoms with van der Waals surface area (Å²) >= 11 is 0. The third-order valence-corrected chi connectivity index (χ3v) is 6.20. The molecule has 0 spiro atoms.